The Hall–Kier alpha value is -2.46. The highest BCUT2D eigenvalue weighted by molar-refractivity contribution is 6.30. The zero-order valence-corrected chi connectivity index (χ0v) is 19.2. The van der Waals surface area contributed by atoms with Crippen LogP contribution in [0.25, 0.3) is 10.9 Å². The number of fused-ring (bicyclic) bond motifs is 1. The van der Waals surface area contributed by atoms with Crippen LogP contribution in [0, 0.1) is 17.7 Å². The smallest absolute Gasteiger partial charge is 0.227 e. The third-order valence-corrected chi connectivity index (χ3v) is 7.09. The van der Waals surface area contributed by atoms with Crippen molar-refractivity contribution in [3.05, 3.63) is 71.1 Å². The number of hydrogen-bond acceptors (Lipinski definition) is 2. The number of amides is 1. The summed E-state index contributed by atoms with van der Waals surface area (Å²) < 4.78 is 13.9. The average molecular weight is 453 g/mol. The number of carbonyl (C=O) groups is 1. The highest BCUT2D eigenvalue weighted by Crippen LogP contribution is 2.42. The highest BCUT2D eigenvalue weighted by Gasteiger charge is 2.32. The molecule has 2 aromatic carbocycles. The van der Waals surface area contributed by atoms with Crippen molar-refractivity contribution in [3.8, 4) is 0 Å². The van der Waals surface area contributed by atoms with E-state index < -0.39 is 0 Å². The molecule has 1 saturated carbocycles. The van der Waals surface area contributed by atoms with E-state index in [9.17, 15) is 9.18 Å². The van der Waals surface area contributed by atoms with Crippen LogP contribution in [0.5, 0.6) is 0 Å². The fraction of sp³-hybridized carbons (Fsp3) is 0.407. The lowest BCUT2D eigenvalue weighted by molar-refractivity contribution is -0.122. The number of anilines is 1. The number of hydrogen-bond donors (Lipinski definition) is 1. The lowest BCUT2D eigenvalue weighted by Gasteiger charge is -2.34. The number of nitrogens with zero attached hydrogens (tertiary/aromatic N) is 1. The summed E-state index contributed by atoms with van der Waals surface area (Å²) in [5, 5.41) is 4.68. The van der Waals surface area contributed by atoms with Gasteiger partial charge >= 0.3 is 0 Å². The van der Waals surface area contributed by atoms with Gasteiger partial charge < -0.3 is 5.32 Å². The molecule has 0 aliphatic heterocycles. The fourth-order valence-corrected chi connectivity index (χ4v) is 5.23. The summed E-state index contributed by atoms with van der Waals surface area (Å²) in [6.07, 6.45) is 8.90. The van der Waals surface area contributed by atoms with Gasteiger partial charge in [0.25, 0.3) is 0 Å². The first-order chi connectivity index (χ1) is 15.5. The molecule has 3 nitrogen and oxygen atoms in total. The number of benzene rings is 2. The quantitative estimate of drug-likeness (QED) is 0.398. The minimum atomic E-state index is -0.223. The largest absolute Gasteiger partial charge is 0.326 e. The number of unbranched alkanes of at least 4 members (excludes halogenated alkanes) is 1. The molecular weight excluding hydrogens is 423 g/mol. The van der Waals surface area contributed by atoms with E-state index in [1.54, 1.807) is 24.3 Å². The molecule has 1 N–H and O–H groups in total. The summed E-state index contributed by atoms with van der Waals surface area (Å²) in [6.45, 7) is 2.17. The molecule has 0 radical (unpaired) electrons. The Morgan fingerprint density at radius 2 is 1.88 bits per heavy atom. The number of aromatic nitrogens is 1. The van der Waals surface area contributed by atoms with Crippen LogP contribution < -0.4 is 5.32 Å². The van der Waals surface area contributed by atoms with E-state index >= 15 is 0 Å². The van der Waals surface area contributed by atoms with Gasteiger partial charge in [-0.05, 0) is 98.0 Å². The first kappa shape index (κ1) is 22.7. The van der Waals surface area contributed by atoms with Crippen molar-refractivity contribution in [2.75, 3.05) is 5.32 Å². The maximum atomic E-state index is 13.9. The fourth-order valence-electron chi connectivity index (χ4n) is 5.10. The van der Waals surface area contributed by atoms with Crippen LogP contribution in [0.3, 0.4) is 0 Å². The van der Waals surface area contributed by atoms with Gasteiger partial charge in [-0.2, -0.15) is 0 Å². The molecule has 5 heteroatoms. The number of nitrogens with one attached hydrogen (secondary N) is 1. The first-order valence-electron chi connectivity index (χ1n) is 11.7. The molecule has 0 saturated heterocycles. The zero-order valence-electron chi connectivity index (χ0n) is 18.5. The van der Waals surface area contributed by atoms with E-state index in [2.05, 4.69) is 17.2 Å². The van der Waals surface area contributed by atoms with Crippen LogP contribution >= 0.6 is 11.6 Å². The monoisotopic (exact) mass is 452 g/mol. The van der Waals surface area contributed by atoms with Gasteiger partial charge in [0, 0.05) is 28.2 Å². The molecule has 1 amide bonds. The van der Waals surface area contributed by atoms with Crippen molar-refractivity contribution in [2.24, 2.45) is 11.8 Å². The lowest BCUT2D eigenvalue weighted by Crippen LogP contribution is -2.31. The molecule has 3 aromatic rings. The van der Waals surface area contributed by atoms with Crippen molar-refractivity contribution in [2.45, 2.75) is 57.8 Å². The molecular formula is C27H30ClFN2O. The normalized spacial score (nSPS) is 19.6. The van der Waals surface area contributed by atoms with Crippen molar-refractivity contribution < 1.29 is 9.18 Å². The molecule has 168 valence electrons. The van der Waals surface area contributed by atoms with Crippen LogP contribution in [0.2, 0.25) is 5.02 Å². The van der Waals surface area contributed by atoms with E-state index in [1.165, 1.54) is 11.6 Å². The standard InChI is InChI=1S/C27H30ClFN2O/c1-2-3-4-24(27(32)31-22-12-9-20(28)10-13-22)19-7-5-18(6-8-19)23-15-16-30-26-14-11-21(29)17-25(23)26/h9-19,24H,2-8H2,1H3,(H,31,32). The number of halogens is 2. The van der Waals surface area contributed by atoms with Crippen molar-refractivity contribution >= 4 is 34.1 Å². The summed E-state index contributed by atoms with van der Waals surface area (Å²) in [6, 6.07) is 14.2. The van der Waals surface area contributed by atoms with Crippen LogP contribution in [0.1, 0.15) is 63.4 Å². The second-order valence-electron chi connectivity index (χ2n) is 8.92. The van der Waals surface area contributed by atoms with E-state index in [0.29, 0.717) is 16.9 Å². The van der Waals surface area contributed by atoms with Crippen molar-refractivity contribution in [1.82, 2.24) is 4.98 Å². The molecule has 1 aliphatic rings. The summed E-state index contributed by atoms with van der Waals surface area (Å²) in [7, 11) is 0. The van der Waals surface area contributed by atoms with Crippen LogP contribution in [0.15, 0.2) is 54.7 Å². The molecule has 1 aliphatic carbocycles. The van der Waals surface area contributed by atoms with Crippen molar-refractivity contribution in [3.63, 3.8) is 0 Å². The van der Waals surface area contributed by atoms with Gasteiger partial charge in [0.05, 0.1) is 5.52 Å². The first-order valence-corrected chi connectivity index (χ1v) is 12.0. The second-order valence-corrected chi connectivity index (χ2v) is 9.35. The van der Waals surface area contributed by atoms with Gasteiger partial charge in [0.2, 0.25) is 5.91 Å². The Morgan fingerprint density at radius 3 is 2.59 bits per heavy atom. The number of carbonyl (C=O) groups excluding carboxylic acids is 1. The Balaban J connectivity index is 1.46. The maximum Gasteiger partial charge on any atom is 0.227 e. The summed E-state index contributed by atoms with van der Waals surface area (Å²) in [5.74, 6) is 0.650. The van der Waals surface area contributed by atoms with E-state index in [4.69, 9.17) is 11.6 Å². The Kier molecular flexibility index (Phi) is 7.41. The highest BCUT2D eigenvalue weighted by atomic mass is 35.5. The average Bonchev–Trinajstić information content (AvgIpc) is 2.81. The maximum absolute atomic E-state index is 13.9. The van der Waals surface area contributed by atoms with Gasteiger partial charge in [0.1, 0.15) is 5.82 Å². The zero-order chi connectivity index (χ0) is 22.5. The van der Waals surface area contributed by atoms with Crippen LogP contribution in [0.4, 0.5) is 10.1 Å². The number of pyridine rings is 1. The third kappa shape index (κ3) is 5.29. The van der Waals surface area contributed by atoms with E-state index in [-0.39, 0.29) is 17.6 Å². The molecule has 0 spiro atoms. The minimum Gasteiger partial charge on any atom is -0.326 e. The topological polar surface area (TPSA) is 42.0 Å². The third-order valence-electron chi connectivity index (χ3n) is 6.84. The van der Waals surface area contributed by atoms with Crippen LogP contribution in [-0.2, 0) is 4.79 Å². The van der Waals surface area contributed by atoms with E-state index in [1.807, 2.05) is 24.4 Å². The molecule has 1 aromatic heterocycles. The molecule has 1 heterocycles. The lowest BCUT2D eigenvalue weighted by atomic mass is 9.72. The van der Waals surface area contributed by atoms with Gasteiger partial charge in [0.15, 0.2) is 0 Å². The number of rotatable bonds is 7. The Morgan fingerprint density at radius 1 is 1.12 bits per heavy atom. The van der Waals surface area contributed by atoms with Crippen molar-refractivity contribution in [1.29, 1.82) is 0 Å². The molecule has 1 atom stereocenters. The molecule has 1 unspecified atom stereocenters. The van der Waals surface area contributed by atoms with Gasteiger partial charge in [-0.25, -0.2) is 4.39 Å². The van der Waals surface area contributed by atoms with Gasteiger partial charge in [-0.3, -0.25) is 9.78 Å². The summed E-state index contributed by atoms with van der Waals surface area (Å²) in [5.41, 5.74) is 2.82. The summed E-state index contributed by atoms with van der Waals surface area (Å²) in [4.78, 5) is 17.6. The minimum absolute atomic E-state index is 0.0122. The SMILES string of the molecule is CCCCC(C(=O)Nc1ccc(Cl)cc1)C1CCC(c2ccnc3ccc(F)cc23)CC1. The van der Waals surface area contributed by atoms with Gasteiger partial charge in [-0.1, -0.05) is 31.4 Å². The molecule has 4 rings (SSSR count). The summed E-state index contributed by atoms with van der Waals surface area (Å²) >= 11 is 5.97. The van der Waals surface area contributed by atoms with E-state index in [0.717, 1.165) is 61.5 Å². The second kappa shape index (κ2) is 10.4. The predicted molar refractivity (Wildman–Crippen MR) is 129 cm³/mol. The molecule has 32 heavy (non-hydrogen) atoms. The molecule has 0 bridgehead atoms. The Bertz CT molecular complexity index is 1060. The predicted octanol–water partition coefficient (Wildman–Crippen LogP) is 7.75. The van der Waals surface area contributed by atoms with Gasteiger partial charge in [-0.15, -0.1) is 0 Å². The molecule has 1 fully saturated rings. The Labute approximate surface area is 194 Å². The van der Waals surface area contributed by atoms with Crippen LogP contribution in [-0.4, -0.2) is 10.9 Å².